The number of ether oxygens (including phenoxy) is 2. The topological polar surface area (TPSA) is 189 Å². The molecule has 1 saturated heterocycles. The summed E-state index contributed by atoms with van der Waals surface area (Å²) in [4.78, 5) is 49.4. The molecule has 1 aromatic carbocycles. The summed E-state index contributed by atoms with van der Waals surface area (Å²) in [5.41, 5.74) is 1.84. The molecule has 2 aliphatic heterocycles. The van der Waals surface area contributed by atoms with Crippen molar-refractivity contribution in [2.45, 2.75) is 55.8 Å². The summed E-state index contributed by atoms with van der Waals surface area (Å²) in [5.74, 6) is -3.05. The van der Waals surface area contributed by atoms with Gasteiger partial charge in [0.05, 0.1) is 22.9 Å². The van der Waals surface area contributed by atoms with E-state index in [1.165, 1.54) is 6.07 Å². The lowest BCUT2D eigenvalue weighted by atomic mass is 10.0. The number of hydrogen-bond acceptors (Lipinski definition) is 9. The van der Waals surface area contributed by atoms with Crippen LogP contribution in [0.5, 0.6) is 0 Å². The highest BCUT2D eigenvalue weighted by molar-refractivity contribution is 7.91. The third kappa shape index (κ3) is 6.07. The van der Waals surface area contributed by atoms with Gasteiger partial charge in [0.1, 0.15) is 11.6 Å². The van der Waals surface area contributed by atoms with Crippen LogP contribution >= 0.6 is 0 Å². The predicted molar refractivity (Wildman–Crippen MR) is 121 cm³/mol. The number of sulfone groups is 1. The number of hydrazine groups is 1. The second-order valence-corrected chi connectivity index (χ2v) is 11.2. The Balaban J connectivity index is 1.74. The predicted octanol–water partition coefficient (Wildman–Crippen LogP) is -0.392. The van der Waals surface area contributed by atoms with Crippen molar-refractivity contribution in [1.29, 1.82) is 0 Å². The molecular weight excluding hydrogens is 484 g/mol. The van der Waals surface area contributed by atoms with Crippen LogP contribution in [0.15, 0.2) is 23.1 Å². The molecule has 0 saturated carbocycles. The number of benzene rings is 1. The quantitative estimate of drug-likeness (QED) is 0.335. The van der Waals surface area contributed by atoms with E-state index in [1.807, 2.05) is 0 Å². The number of fused-ring (bicyclic) bond motifs is 1. The van der Waals surface area contributed by atoms with Gasteiger partial charge in [-0.2, -0.15) is 0 Å². The van der Waals surface area contributed by atoms with Crippen LogP contribution in [0.4, 0.5) is 10.5 Å². The van der Waals surface area contributed by atoms with Crippen LogP contribution in [-0.4, -0.2) is 73.5 Å². The number of carbonyl (C=O) groups is 4. The van der Waals surface area contributed by atoms with E-state index in [0.717, 1.165) is 12.1 Å². The number of rotatable bonds is 4. The number of aliphatic hydroxyl groups is 1. The largest absolute Gasteiger partial charge is 0.444 e. The molecule has 0 aliphatic carbocycles. The Labute approximate surface area is 201 Å². The van der Waals surface area contributed by atoms with Crippen molar-refractivity contribution in [3.8, 4) is 0 Å². The minimum Gasteiger partial charge on any atom is -0.444 e. The molecule has 0 aromatic heterocycles. The first-order valence-corrected chi connectivity index (χ1v) is 12.4. The zero-order chi connectivity index (χ0) is 26.0. The fourth-order valence-electron chi connectivity index (χ4n) is 3.57. The van der Waals surface area contributed by atoms with E-state index < -0.39 is 63.3 Å². The average Bonchev–Trinajstić information content (AvgIpc) is 3.22. The summed E-state index contributed by atoms with van der Waals surface area (Å²) in [5, 5.41) is 14.2. The first kappa shape index (κ1) is 26.4. The maximum absolute atomic E-state index is 12.8. The van der Waals surface area contributed by atoms with E-state index in [2.05, 4.69) is 21.5 Å². The number of amides is 4. The van der Waals surface area contributed by atoms with Gasteiger partial charge in [-0.15, -0.1) is 0 Å². The third-order valence-corrected chi connectivity index (χ3v) is 7.09. The van der Waals surface area contributed by atoms with Gasteiger partial charge < -0.3 is 25.2 Å². The van der Waals surface area contributed by atoms with Gasteiger partial charge in [-0.25, -0.2) is 13.2 Å². The van der Waals surface area contributed by atoms with E-state index in [9.17, 15) is 32.7 Å². The molecule has 4 amide bonds. The van der Waals surface area contributed by atoms with Gasteiger partial charge in [-0.05, 0) is 51.8 Å². The summed E-state index contributed by atoms with van der Waals surface area (Å²) < 4.78 is 36.1. The molecule has 14 heteroatoms. The van der Waals surface area contributed by atoms with Crippen molar-refractivity contribution in [2.75, 3.05) is 24.3 Å². The third-order valence-electron chi connectivity index (χ3n) is 5.29. The second-order valence-electron chi connectivity index (χ2n) is 9.19. The van der Waals surface area contributed by atoms with E-state index in [1.54, 1.807) is 20.8 Å². The highest BCUT2D eigenvalue weighted by Gasteiger charge is 2.42. The molecule has 2 heterocycles. The lowest BCUT2D eigenvalue weighted by Crippen LogP contribution is -2.54. The summed E-state index contributed by atoms with van der Waals surface area (Å²) >= 11 is 0. The van der Waals surface area contributed by atoms with Gasteiger partial charge in [0.15, 0.2) is 15.4 Å². The van der Waals surface area contributed by atoms with Gasteiger partial charge in [0.25, 0.3) is 11.8 Å². The zero-order valence-corrected chi connectivity index (χ0v) is 20.3. The Kier molecular flexibility index (Phi) is 7.38. The van der Waals surface area contributed by atoms with Gasteiger partial charge in [0, 0.05) is 12.2 Å². The molecule has 1 aromatic rings. The normalized spacial score (nSPS) is 23.3. The van der Waals surface area contributed by atoms with Crippen LogP contribution in [0.25, 0.3) is 0 Å². The molecule has 2 atom stereocenters. The monoisotopic (exact) mass is 512 g/mol. The molecule has 0 spiro atoms. The Hall–Kier alpha value is -3.23. The SMILES string of the molecule is CC(C)(C)OC(=O)N[C@H]1CS(=O)(=O)c2ccc(C(=O)NNC(=O)C3(CO)CCCO3)cc2NC1=O. The average molecular weight is 513 g/mol. The Morgan fingerprint density at radius 2 is 1.97 bits per heavy atom. The Morgan fingerprint density at radius 3 is 2.57 bits per heavy atom. The van der Waals surface area contributed by atoms with Crippen molar-refractivity contribution in [1.82, 2.24) is 16.2 Å². The number of aliphatic hydroxyl groups excluding tert-OH is 1. The van der Waals surface area contributed by atoms with Crippen LogP contribution in [0, 0.1) is 0 Å². The van der Waals surface area contributed by atoms with Gasteiger partial charge in [-0.1, -0.05) is 0 Å². The molecule has 1 unspecified atom stereocenters. The number of anilines is 1. The van der Waals surface area contributed by atoms with Gasteiger partial charge >= 0.3 is 6.09 Å². The van der Waals surface area contributed by atoms with E-state index in [-0.39, 0.29) is 22.6 Å². The second kappa shape index (κ2) is 9.79. The number of nitrogens with one attached hydrogen (secondary N) is 4. The standard InChI is InChI=1S/C21H28N4O9S/c1-20(2,3)34-19(30)23-14-10-35(31,32)15-6-5-12(9-13(15)22-17(14)28)16(27)24-25-18(29)21(11-26)7-4-8-33-21/h5-6,9,14,26H,4,7-8,10-11H2,1-3H3,(H,22,28)(H,23,30)(H,24,27)(H,25,29)/t14-,21?/m0/s1. The number of carbonyl (C=O) groups excluding carboxylic acids is 4. The van der Waals surface area contributed by atoms with Crippen LogP contribution in [0.1, 0.15) is 44.0 Å². The molecule has 192 valence electrons. The highest BCUT2D eigenvalue weighted by atomic mass is 32.2. The van der Waals surface area contributed by atoms with Gasteiger partial charge in [-0.3, -0.25) is 25.2 Å². The fourth-order valence-corrected chi connectivity index (χ4v) is 5.15. The Morgan fingerprint density at radius 1 is 1.26 bits per heavy atom. The molecule has 2 aliphatic rings. The van der Waals surface area contributed by atoms with E-state index >= 15 is 0 Å². The zero-order valence-electron chi connectivity index (χ0n) is 19.5. The van der Waals surface area contributed by atoms with Crippen LogP contribution in [-0.2, 0) is 28.9 Å². The van der Waals surface area contributed by atoms with Crippen molar-refractivity contribution >= 4 is 39.3 Å². The molecular formula is C21H28N4O9S. The van der Waals surface area contributed by atoms with Crippen molar-refractivity contribution < 1.29 is 42.2 Å². The van der Waals surface area contributed by atoms with E-state index in [4.69, 9.17) is 9.47 Å². The fraction of sp³-hybridized carbons (Fsp3) is 0.524. The van der Waals surface area contributed by atoms with E-state index in [0.29, 0.717) is 13.0 Å². The summed E-state index contributed by atoms with van der Waals surface area (Å²) in [6.07, 6.45) is -0.0987. The summed E-state index contributed by atoms with van der Waals surface area (Å²) in [7, 11) is -4.04. The smallest absolute Gasteiger partial charge is 0.408 e. The molecule has 0 bridgehead atoms. The molecule has 3 rings (SSSR count). The number of hydrogen-bond donors (Lipinski definition) is 5. The molecule has 13 nitrogen and oxygen atoms in total. The molecule has 35 heavy (non-hydrogen) atoms. The molecule has 1 fully saturated rings. The first-order valence-electron chi connectivity index (χ1n) is 10.8. The summed E-state index contributed by atoms with van der Waals surface area (Å²) in [6, 6.07) is 2.06. The van der Waals surface area contributed by atoms with Crippen LogP contribution in [0.2, 0.25) is 0 Å². The first-order chi connectivity index (χ1) is 16.3. The minimum atomic E-state index is -4.04. The molecule has 5 N–H and O–H groups in total. The van der Waals surface area contributed by atoms with Crippen LogP contribution < -0.4 is 21.5 Å². The minimum absolute atomic E-state index is 0.0662. The van der Waals surface area contributed by atoms with Crippen molar-refractivity contribution in [2.24, 2.45) is 0 Å². The summed E-state index contributed by atoms with van der Waals surface area (Å²) in [6.45, 7) is 4.59. The number of alkyl carbamates (subject to hydrolysis) is 1. The lowest BCUT2D eigenvalue weighted by Gasteiger charge is -2.24. The Bertz CT molecular complexity index is 1140. The van der Waals surface area contributed by atoms with Crippen molar-refractivity contribution in [3.63, 3.8) is 0 Å². The highest BCUT2D eigenvalue weighted by Crippen LogP contribution is 2.28. The van der Waals surface area contributed by atoms with Crippen molar-refractivity contribution in [3.05, 3.63) is 23.8 Å². The van der Waals surface area contributed by atoms with Gasteiger partial charge in [0.2, 0.25) is 5.91 Å². The lowest BCUT2D eigenvalue weighted by molar-refractivity contribution is -0.146. The molecule has 0 radical (unpaired) electrons. The maximum atomic E-state index is 12.8. The maximum Gasteiger partial charge on any atom is 0.408 e. The van der Waals surface area contributed by atoms with Crippen LogP contribution in [0.3, 0.4) is 0 Å².